The van der Waals surface area contributed by atoms with Crippen LogP contribution >= 0.6 is 22.7 Å². The molecule has 204 valence electrons. The van der Waals surface area contributed by atoms with E-state index in [1.807, 2.05) is 36.4 Å². The lowest BCUT2D eigenvalue weighted by Crippen LogP contribution is -2.37. The number of thiazole rings is 2. The Hall–Kier alpha value is -3.12. The van der Waals surface area contributed by atoms with Crippen molar-refractivity contribution in [1.82, 2.24) is 9.97 Å². The number of nitrogens with zero attached hydrogens (tertiary/aromatic N) is 4. The molecule has 4 aromatic rings. The van der Waals surface area contributed by atoms with Crippen LogP contribution in [0.3, 0.4) is 0 Å². The lowest BCUT2D eigenvalue weighted by Gasteiger charge is -2.31. The molecule has 0 spiro atoms. The summed E-state index contributed by atoms with van der Waals surface area (Å²) in [5.41, 5.74) is 3.91. The molecule has 0 bridgehead atoms. The van der Waals surface area contributed by atoms with E-state index in [1.165, 1.54) is 29.8 Å². The quantitative estimate of drug-likeness (QED) is 0.103. The standard InChI is InChI=1S/C28H32N4O4S2Si/c1-35-26(34)23-17-37-27(30-23)31-13-12-19-8-7-9-20(21(19)16-31)25(33)32(18-36-14-15-39(2,3)4)28-29-22-10-5-6-11-24(22)38-28/h5-11,17H,12-16,18H2,1-4H3. The smallest absolute Gasteiger partial charge is 0.357 e. The van der Waals surface area contributed by atoms with Gasteiger partial charge in [0, 0.05) is 38.7 Å². The molecule has 0 atom stereocenters. The third-order valence-corrected chi connectivity index (χ3v) is 10.3. The molecule has 2 aromatic heterocycles. The Morgan fingerprint density at radius 1 is 1.10 bits per heavy atom. The summed E-state index contributed by atoms with van der Waals surface area (Å²) in [5, 5.41) is 3.07. The van der Waals surface area contributed by atoms with Gasteiger partial charge in [0.25, 0.3) is 5.91 Å². The van der Waals surface area contributed by atoms with E-state index in [4.69, 9.17) is 14.5 Å². The van der Waals surface area contributed by atoms with Crippen molar-refractivity contribution >= 4 is 63.1 Å². The van der Waals surface area contributed by atoms with Crippen LogP contribution in [0.1, 0.15) is 32.0 Å². The van der Waals surface area contributed by atoms with Crippen molar-refractivity contribution in [1.29, 1.82) is 0 Å². The summed E-state index contributed by atoms with van der Waals surface area (Å²) in [6, 6.07) is 14.8. The van der Waals surface area contributed by atoms with Crippen molar-refractivity contribution in [3.8, 4) is 0 Å². The molecular formula is C28H32N4O4S2Si. The molecule has 0 radical (unpaired) electrons. The number of anilines is 2. The van der Waals surface area contributed by atoms with E-state index in [2.05, 4.69) is 35.6 Å². The summed E-state index contributed by atoms with van der Waals surface area (Å²) in [5.74, 6) is -0.582. The number of rotatable bonds is 9. The van der Waals surface area contributed by atoms with Crippen LogP contribution in [0.25, 0.3) is 10.2 Å². The molecule has 0 aliphatic carbocycles. The van der Waals surface area contributed by atoms with Gasteiger partial charge < -0.3 is 14.4 Å². The average molecular weight is 581 g/mol. The van der Waals surface area contributed by atoms with E-state index in [1.54, 1.807) is 10.3 Å². The maximum absolute atomic E-state index is 14.2. The number of hydrogen-bond acceptors (Lipinski definition) is 9. The number of carbonyl (C=O) groups excluding carboxylic acids is 2. The third-order valence-electron chi connectivity index (χ3n) is 6.64. The van der Waals surface area contributed by atoms with Crippen LogP contribution in [0.5, 0.6) is 0 Å². The highest BCUT2D eigenvalue weighted by molar-refractivity contribution is 7.22. The van der Waals surface area contributed by atoms with Crippen molar-refractivity contribution in [3.05, 3.63) is 70.2 Å². The molecule has 0 fully saturated rings. The first-order chi connectivity index (χ1) is 18.7. The molecule has 1 aliphatic rings. The Labute approximate surface area is 237 Å². The molecule has 39 heavy (non-hydrogen) atoms. The molecule has 0 saturated heterocycles. The van der Waals surface area contributed by atoms with Crippen LogP contribution in [-0.2, 0) is 22.4 Å². The number of carbonyl (C=O) groups is 2. The molecular weight excluding hydrogens is 549 g/mol. The molecule has 0 unspecified atom stereocenters. The van der Waals surface area contributed by atoms with Gasteiger partial charge >= 0.3 is 5.97 Å². The monoisotopic (exact) mass is 580 g/mol. The van der Waals surface area contributed by atoms with E-state index in [0.717, 1.165) is 45.5 Å². The Morgan fingerprint density at radius 2 is 1.92 bits per heavy atom. The van der Waals surface area contributed by atoms with Gasteiger partial charge in [-0.1, -0.05) is 55.2 Å². The van der Waals surface area contributed by atoms with Gasteiger partial charge in [0.15, 0.2) is 16.0 Å². The van der Waals surface area contributed by atoms with E-state index >= 15 is 0 Å². The van der Waals surface area contributed by atoms with Gasteiger partial charge in [-0.2, -0.15) is 0 Å². The van der Waals surface area contributed by atoms with Gasteiger partial charge in [-0.3, -0.25) is 9.69 Å². The van der Waals surface area contributed by atoms with Crippen LogP contribution in [-0.4, -0.2) is 56.9 Å². The minimum atomic E-state index is -1.27. The van der Waals surface area contributed by atoms with Crippen molar-refractivity contribution in [2.24, 2.45) is 0 Å². The maximum atomic E-state index is 14.2. The topological polar surface area (TPSA) is 84.9 Å². The van der Waals surface area contributed by atoms with Gasteiger partial charge in [-0.05, 0) is 41.8 Å². The largest absolute Gasteiger partial charge is 0.464 e. The summed E-state index contributed by atoms with van der Waals surface area (Å²) < 4.78 is 11.9. The van der Waals surface area contributed by atoms with Crippen molar-refractivity contribution in [2.75, 3.05) is 36.8 Å². The Balaban J connectivity index is 1.44. The second-order valence-electron chi connectivity index (χ2n) is 10.7. The third kappa shape index (κ3) is 6.22. The number of fused-ring (bicyclic) bond motifs is 2. The minimum absolute atomic E-state index is 0.129. The summed E-state index contributed by atoms with van der Waals surface area (Å²) >= 11 is 2.90. The average Bonchev–Trinajstić information content (AvgIpc) is 3.59. The fourth-order valence-corrected chi connectivity index (χ4v) is 6.94. The van der Waals surface area contributed by atoms with Crippen molar-refractivity contribution in [3.63, 3.8) is 0 Å². The summed E-state index contributed by atoms with van der Waals surface area (Å²) in [6.45, 7) is 8.96. The van der Waals surface area contributed by atoms with Gasteiger partial charge in [0.1, 0.15) is 6.73 Å². The molecule has 11 heteroatoms. The second kappa shape index (κ2) is 11.5. The van der Waals surface area contributed by atoms with E-state index in [0.29, 0.717) is 29.5 Å². The SMILES string of the molecule is COC(=O)c1csc(N2CCc3cccc(C(=O)N(COCC[Si](C)(C)C)c4nc5ccccc5s4)c3C2)n1. The molecule has 0 saturated carbocycles. The van der Waals surface area contributed by atoms with E-state index in [-0.39, 0.29) is 12.6 Å². The molecule has 3 heterocycles. The lowest BCUT2D eigenvalue weighted by atomic mass is 9.94. The normalized spacial score (nSPS) is 13.4. The van der Waals surface area contributed by atoms with Crippen LogP contribution < -0.4 is 9.80 Å². The second-order valence-corrected chi connectivity index (χ2v) is 18.1. The van der Waals surface area contributed by atoms with Gasteiger partial charge in [0.2, 0.25) is 0 Å². The Morgan fingerprint density at radius 3 is 2.69 bits per heavy atom. The number of benzene rings is 2. The molecule has 1 amide bonds. The lowest BCUT2D eigenvalue weighted by molar-refractivity contribution is 0.0595. The highest BCUT2D eigenvalue weighted by Crippen LogP contribution is 2.33. The first-order valence-corrected chi connectivity index (χ1v) is 18.3. The summed E-state index contributed by atoms with van der Waals surface area (Å²) in [4.78, 5) is 39.2. The first kappa shape index (κ1) is 27.4. The van der Waals surface area contributed by atoms with Crippen LogP contribution in [0.15, 0.2) is 47.8 Å². The highest BCUT2D eigenvalue weighted by atomic mass is 32.1. The van der Waals surface area contributed by atoms with E-state index in [9.17, 15) is 9.59 Å². The predicted octanol–water partition coefficient (Wildman–Crippen LogP) is 6.06. The molecule has 2 aromatic carbocycles. The number of methoxy groups -OCH3 is 1. The fraction of sp³-hybridized carbons (Fsp3) is 0.357. The van der Waals surface area contributed by atoms with Crippen molar-refractivity contribution in [2.45, 2.75) is 38.7 Å². The predicted molar refractivity (Wildman–Crippen MR) is 160 cm³/mol. The van der Waals surface area contributed by atoms with Crippen LogP contribution in [0.2, 0.25) is 25.7 Å². The van der Waals surface area contributed by atoms with Gasteiger partial charge in [-0.25, -0.2) is 14.8 Å². The van der Waals surface area contributed by atoms with Crippen LogP contribution in [0.4, 0.5) is 10.3 Å². The summed E-state index contributed by atoms with van der Waals surface area (Å²) in [7, 11) is 0.0752. The first-order valence-electron chi connectivity index (χ1n) is 12.9. The molecule has 0 N–H and O–H groups in total. The highest BCUT2D eigenvalue weighted by Gasteiger charge is 2.29. The Bertz CT molecular complexity index is 1460. The number of hydrogen-bond donors (Lipinski definition) is 0. The molecule has 5 rings (SSSR count). The number of ether oxygens (including phenoxy) is 2. The van der Waals surface area contributed by atoms with Crippen molar-refractivity contribution < 1.29 is 19.1 Å². The van der Waals surface area contributed by atoms with E-state index < -0.39 is 14.0 Å². The number of esters is 1. The van der Waals surface area contributed by atoms with Crippen LogP contribution in [0, 0.1) is 0 Å². The zero-order valence-electron chi connectivity index (χ0n) is 22.6. The number of amides is 1. The fourth-order valence-electron chi connectivity index (χ4n) is 4.41. The summed E-state index contributed by atoms with van der Waals surface area (Å²) in [6.07, 6.45) is 0.775. The van der Waals surface area contributed by atoms with Gasteiger partial charge in [-0.15, -0.1) is 11.3 Å². The molecule has 1 aliphatic heterocycles. The van der Waals surface area contributed by atoms with Gasteiger partial charge in [0.05, 0.1) is 17.3 Å². The Kier molecular flexibility index (Phi) is 8.13. The number of aromatic nitrogens is 2. The maximum Gasteiger partial charge on any atom is 0.357 e. The molecule has 8 nitrogen and oxygen atoms in total. The number of para-hydroxylation sites is 1. The zero-order valence-corrected chi connectivity index (χ0v) is 25.2. The zero-order chi connectivity index (χ0) is 27.6. The minimum Gasteiger partial charge on any atom is -0.464 e.